The van der Waals surface area contributed by atoms with Crippen LogP contribution in [0.25, 0.3) is 10.2 Å². The van der Waals surface area contributed by atoms with Gasteiger partial charge in [0.25, 0.3) is 0 Å². The van der Waals surface area contributed by atoms with E-state index in [1.807, 2.05) is 56.3 Å². The molecule has 0 saturated heterocycles. The van der Waals surface area contributed by atoms with Gasteiger partial charge in [0.15, 0.2) is 9.84 Å². The largest absolute Gasteiger partial charge is 0.240 e. The third kappa shape index (κ3) is 3.36. The zero-order chi connectivity index (χ0) is 15.7. The Balaban J connectivity index is 1.85. The van der Waals surface area contributed by atoms with Gasteiger partial charge in [-0.15, -0.1) is 11.3 Å². The monoisotopic (exact) mass is 331 g/mol. The highest BCUT2D eigenvalue weighted by molar-refractivity contribution is 7.90. The first-order valence-corrected chi connectivity index (χ1v) is 9.68. The second-order valence-electron chi connectivity index (χ2n) is 5.54. The summed E-state index contributed by atoms with van der Waals surface area (Å²) in [4.78, 5) is 4.42. The van der Waals surface area contributed by atoms with E-state index < -0.39 is 9.84 Å². The summed E-state index contributed by atoms with van der Waals surface area (Å²) in [5.41, 5.74) is 3.83. The zero-order valence-corrected chi connectivity index (χ0v) is 14.2. The average molecular weight is 331 g/mol. The molecule has 0 amide bonds. The lowest BCUT2D eigenvalue weighted by molar-refractivity contribution is 0.594. The summed E-state index contributed by atoms with van der Waals surface area (Å²) in [6.45, 7) is 3.92. The molecule has 0 radical (unpaired) electrons. The van der Waals surface area contributed by atoms with Crippen molar-refractivity contribution in [2.75, 3.05) is 0 Å². The minimum absolute atomic E-state index is 0.000269. The Hall–Kier alpha value is -1.72. The summed E-state index contributed by atoms with van der Waals surface area (Å²) in [7, 11) is -3.23. The molecule has 1 aromatic heterocycles. The fourth-order valence-corrected chi connectivity index (χ4v) is 5.28. The van der Waals surface area contributed by atoms with E-state index in [0.717, 1.165) is 26.9 Å². The number of thiazole rings is 1. The molecule has 0 spiro atoms. The lowest BCUT2D eigenvalue weighted by Crippen LogP contribution is -2.08. The molecule has 0 atom stereocenters. The number of nitrogens with zero attached hydrogens (tertiary/aromatic N) is 1. The van der Waals surface area contributed by atoms with Gasteiger partial charge in [0, 0.05) is 0 Å². The quantitative estimate of drug-likeness (QED) is 0.725. The number of aryl methyl sites for hydroxylation is 2. The molecule has 3 aromatic rings. The number of fused-ring (bicyclic) bond motifs is 1. The fraction of sp³-hybridized carbons (Fsp3) is 0.235. The molecule has 2 aromatic carbocycles. The molecule has 3 nitrogen and oxygen atoms in total. The summed E-state index contributed by atoms with van der Waals surface area (Å²) < 4.78 is 26.0. The summed E-state index contributed by atoms with van der Waals surface area (Å²) in [5.74, 6) is 0.0656. The fourth-order valence-electron chi connectivity index (χ4n) is 2.41. The van der Waals surface area contributed by atoms with Crippen LogP contribution in [0.15, 0.2) is 42.5 Å². The Morgan fingerprint density at radius 1 is 1.05 bits per heavy atom. The molecular formula is C17H17NO2S2. The van der Waals surface area contributed by atoms with E-state index in [4.69, 9.17) is 0 Å². The summed E-state index contributed by atoms with van der Waals surface area (Å²) >= 11 is 1.45. The lowest BCUT2D eigenvalue weighted by Gasteiger charge is -2.07. The summed E-state index contributed by atoms with van der Waals surface area (Å²) in [6.07, 6.45) is 0. The standard InChI is InChI=1S/C17H17NO2S2/c1-12-7-8-13(2)14(9-12)10-22(19,20)11-17-18-15-5-3-4-6-16(15)21-17/h3-9H,10-11H2,1-2H3. The van der Waals surface area contributed by atoms with Crippen LogP contribution in [0, 0.1) is 13.8 Å². The second-order valence-corrected chi connectivity index (χ2v) is 8.72. The molecule has 0 fully saturated rings. The van der Waals surface area contributed by atoms with Gasteiger partial charge in [0.1, 0.15) is 10.8 Å². The first-order chi connectivity index (χ1) is 10.4. The molecule has 0 aliphatic rings. The Labute approximate surface area is 134 Å². The molecular weight excluding hydrogens is 314 g/mol. The van der Waals surface area contributed by atoms with E-state index in [-0.39, 0.29) is 11.5 Å². The van der Waals surface area contributed by atoms with Crippen molar-refractivity contribution in [1.82, 2.24) is 4.98 Å². The number of benzene rings is 2. The van der Waals surface area contributed by atoms with Gasteiger partial charge < -0.3 is 0 Å². The molecule has 0 saturated carbocycles. The molecule has 0 bridgehead atoms. The van der Waals surface area contributed by atoms with Crippen LogP contribution in [-0.4, -0.2) is 13.4 Å². The maximum atomic E-state index is 12.5. The normalized spacial score (nSPS) is 11.9. The first-order valence-electron chi connectivity index (χ1n) is 7.04. The van der Waals surface area contributed by atoms with Crippen molar-refractivity contribution in [1.29, 1.82) is 0 Å². The van der Waals surface area contributed by atoms with Crippen LogP contribution in [0.1, 0.15) is 21.7 Å². The van der Waals surface area contributed by atoms with Gasteiger partial charge >= 0.3 is 0 Å². The van der Waals surface area contributed by atoms with E-state index in [2.05, 4.69) is 4.98 Å². The minimum atomic E-state index is -3.23. The maximum absolute atomic E-state index is 12.5. The number of para-hydroxylation sites is 1. The minimum Gasteiger partial charge on any atom is -0.240 e. The number of aromatic nitrogens is 1. The van der Waals surface area contributed by atoms with Crippen LogP contribution in [0.3, 0.4) is 0 Å². The topological polar surface area (TPSA) is 47.0 Å². The van der Waals surface area contributed by atoms with Gasteiger partial charge in [-0.2, -0.15) is 0 Å². The molecule has 114 valence electrons. The molecule has 5 heteroatoms. The van der Waals surface area contributed by atoms with E-state index in [1.54, 1.807) is 0 Å². The van der Waals surface area contributed by atoms with E-state index in [9.17, 15) is 8.42 Å². The van der Waals surface area contributed by atoms with Gasteiger partial charge in [-0.3, -0.25) is 0 Å². The zero-order valence-electron chi connectivity index (χ0n) is 12.5. The third-order valence-corrected chi connectivity index (χ3v) is 6.24. The molecule has 3 rings (SSSR count). The van der Waals surface area contributed by atoms with Crippen molar-refractivity contribution in [3.63, 3.8) is 0 Å². The predicted octanol–water partition coefficient (Wildman–Crippen LogP) is 4.03. The van der Waals surface area contributed by atoms with Gasteiger partial charge in [0.05, 0.1) is 16.0 Å². The van der Waals surface area contributed by atoms with Gasteiger partial charge in [0.2, 0.25) is 0 Å². The number of rotatable bonds is 4. The summed E-state index contributed by atoms with van der Waals surface area (Å²) in [6, 6.07) is 13.6. The van der Waals surface area contributed by atoms with Crippen LogP contribution in [-0.2, 0) is 21.3 Å². The number of hydrogen-bond donors (Lipinski definition) is 0. The Morgan fingerprint density at radius 3 is 2.59 bits per heavy atom. The van der Waals surface area contributed by atoms with Crippen LogP contribution in [0.4, 0.5) is 0 Å². The molecule has 22 heavy (non-hydrogen) atoms. The highest BCUT2D eigenvalue weighted by atomic mass is 32.2. The molecule has 0 unspecified atom stereocenters. The van der Waals surface area contributed by atoms with Crippen LogP contribution in [0.5, 0.6) is 0 Å². The maximum Gasteiger partial charge on any atom is 0.160 e. The van der Waals surface area contributed by atoms with Gasteiger partial charge in [-0.05, 0) is 37.1 Å². The van der Waals surface area contributed by atoms with E-state index in [1.165, 1.54) is 11.3 Å². The van der Waals surface area contributed by atoms with Crippen molar-refractivity contribution < 1.29 is 8.42 Å². The third-order valence-electron chi connectivity index (χ3n) is 3.56. The Kier molecular flexibility index (Phi) is 4.02. The van der Waals surface area contributed by atoms with E-state index >= 15 is 0 Å². The molecule has 1 heterocycles. The molecule has 0 N–H and O–H groups in total. The van der Waals surface area contributed by atoms with Crippen molar-refractivity contribution in [3.8, 4) is 0 Å². The van der Waals surface area contributed by atoms with Crippen LogP contribution in [0.2, 0.25) is 0 Å². The van der Waals surface area contributed by atoms with Gasteiger partial charge in [-0.1, -0.05) is 35.9 Å². The van der Waals surface area contributed by atoms with Crippen LogP contribution >= 0.6 is 11.3 Å². The SMILES string of the molecule is Cc1ccc(C)c(CS(=O)(=O)Cc2nc3ccccc3s2)c1. The van der Waals surface area contributed by atoms with Crippen molar-refractivity contribution in [2.45, 2.75) is 25.4 Å². The Bertz CT molecular complexity index is 894. The number of hydrogen-bond acceptors (Lipinski definition) is 4. The second kappa shape index (κ2) is 5.82. The van der Waals surface area contributed by atoms with Crippen molar-refractivity contribution >= 4 is 31.4 Å². The molecule has 0 aliphatic carbocycles. The lowest BCUT2D eigenvalue weighted by atomic mass is 10.1. The highest BCUT2D eigenvalue weighted by Crippen LogP contribution is 2.24. The van der Waals surface area contributed by atoms with Crippen molar-refractivity contribution in [3.05, 3.63) is 64.2 Å². The predicted molar refractivity (Wildman–Crippen MR) is 91.9 cm³/mol. The van der Waals surface area contributed by atoms with E-state index in [0.29, 0.717) is 5.01 Å². The van der Waals surface area contributed by atoms with Crippen molar-refractivity contribution in [2.24, 2.45) is 0 Å². The summed E-state index contributed by atoms with van der Waals surface area (Å²) in [5, 5.41) is 0.659. The molecule has 0 aliphatic heterocycles. The average Bonchev–Trinajstić information content (AvgIpc) is 2.83. The number of sulfone groups is 1. The highest BCUT2D eigenvalue weighted by Gasteiger charge is 2.17. The Morgan fingerprint density at radius 2 is 1.82 bits per heavy atom. The smallest absolute Gasteiger partial charge is 0.160 e. The van der Waals surface area contributed by atoms with Gasteiger partial charge in [-0.25, -0.2) is 13.4 Å². The first kappa shape index (κ1) is 15.2. The van der Waals surface area contributed by atoms with Crippen LogP contribution < -0.4 is 0 Å².